The predicted octanol–water partition coefficient (Wildman–Crippen LogP) is 4.10. The number of amides is 2. The molecule has 2 aliphatic rings. The molecule has 1 aromatic carbocycles. The molecule has 4 rings (SSSR count). The van der Waals surface area contributed by atoms with Crippen LogP contribution in [0.15, 0.2) is 24.3 Å². The number of benzene rings is 1. The minimum atomic E-state index is -0.162. The van der Waals surface area contributed by atoms with E-state index in [9.17, 15) is 9.59 Å². The topological polar surface area (TPSA) is 67.4 Å². The van der Waals surface area contributed by atoms with E-state index in [4.69, 9.17) is 4.74 Å². The smallest absolute Gasteiger partial charge is 0.256 e. The van der Waals surface area contributed by atoms with Gasteiger partial charge in [-0.3, -0.25) is 9.59 Å². The Balaban J connectivity index is 1.57. The maximum atomic E-state index is 13.0. The van der Waals surface area contributed by atoms with E-state index < -0.39 is 0 Å². The van der Waals surface area contributed by atoms with Crippen LogP contribution in [-0.2, 0) is 17.6 Å². The van der Waals surface area contributed by atoms with Crippen LogP contribution >= 0.6 is 11.3 Å². The Morgan fingerprint density at radius 1 is 1.14 bits per heavy atom. The highest BCUT2D eigenvalue weighted by molar-refractivity contribution is 7.17. The molecule has 28 heavy (non-hydrogen) atoms. The van der Waals surface area contributed by atoms with E-state index in [1.165, 1.54) is 4.88 Å². The Morgan fingerprint density at radius 2 is 1.96 bits per heavy atom. The zero-order valence-corrected chi connectivity index (χ0v) is 17.0. The van der Waals surface area contributed by atoms with Crippen molar-refractivity contribution in [2.24, 2.45) is 0 Å². The fourth-order valence-electron chi connectivity index (χ4n) is 3.99. The fraction of sp³-hybridized carbons (Fsp3) is 0.455. The number of nitrogens with one attached hydrogen (secondary N) is 2. The van der Waals surface area contributed by atoms with Crippen molar-refractivity contribution in [3.05, 3.63) is 51.4 Å². The van der Waals surface area contributed by atoms with E-state index in [-0.39, 0.29) is 17.9 Å². The molecule has 1 fully saturated rings. The summed E-state index contributed by atoms with van der Waals surface area (Å²) >= 11 is 1.55. The Labute approximate surface area is 169 Å². The zero-order valence-electron chi connectivity index (χ0n) is 16.2. The van der Waals surface area contributed by atoms with E-state index in [2.05, 4.69) is 10.6 Å². The van der Waals surface area contributed by atoms with Crippen molar-refractivity contribution in [2.75, 3.05) is 18.5 Å². The average molecular weight is 399 g/mol. The second-order valence-electron chi connectivity index (χ2n) is 7.53. The van der Waals surface area contributed by atoms with Crippen LogP contribution in [0.2, 0.25) is 0 Å². The molecule has 6 heteroatoms. The molecule has 1 atom stereocenters. The van der Waals surface area contributed by atoms with Gasteiger partial charge < -0.3 is 15.4 Å². The second kappa shape index (κ2) is 8.45. The van der Waals surface area contributed by atoms with Crippen LogP contribution in [0.25, 0.3) is 0 Å². The van der Waals surface area contributed by atoms with Crippen LogP contribution in [0.5, 0.6) is 0 Å². The maximum absolute atomic E-state index is 13.0. The van der Waals surface area contributed by atoms with Crippen LogP contribution in [0.1, 0.15) is 62.4 Å². The van der Waals surface area contributed by atoms with Crippen LogP contribution in [-0.4, -0.2) is 31.1 Å². The summed E-state index contributed by atoms with van der Waals surface area (Å²) < 4.78 is 5.62. The number of anilines is 1. The number of carbonyl (C=O) groups is 2. The molecule has 0 unspecified atom stereocenters. The lowest BCUT2D eigenvalue weighted by molar-refractivity contribution is 0.0858. The first kappa shape index (κ1) is 19.2. The van der Waals surface area contributed by atoms with Crippen LogP contribution in [0.4, 0.5) is 5.00 Å². The molecule has 2 aromatic rings. The van der Waals surface area contributed by atoms with Gasteiger partial charge in [0.05, 0.1) is 11.7 Å². The molecule has 2 heterocycles. The van der Waals surface area contributed by atoms with Gasteiger partial charge in [0, 0.05) is 23.6 Å². The highest BCUT2D eigenvalue weighted by atomic mass is 32.1. The normalized spacial score (nSPS) is 18.5. The third-order valence-electron chi connectivity index (χ3n) is 5.53. The summed E-state index contributed by atoms with van der Waals surface area (Å²) in [7, 11) is 0. The molecular formula is C22H26N2O3S. The highest BCUT2D eigenvalue weighted by Crippen LogP contribution is 2.38. The lowest BCUT2D eigenvalue weighted by atomic mass is 9.95. The van der Waals surface area contributed by atoms with Gasteiger partial charge in [-0.15, -0.1) is 11.3 Å². The maximum Gasteiger partial charge on any atom is 0.256 e. The van der Waals surface area contributed by atoms with Crippen molar-refractivity contribution in [3.8, 4) is 0 Å². The molecule has 1 aromatic heterocycles. The molecule has 0 saturated carbocycles. The zero-order chi connectivity index (χ0) is 19.5. The van der Waals surface area contributed by atoms with Gasteiger partial charge in [0.25, 0.3) is 11.8 Å². The van der Waals surface area contributed by atoms with Gasteiger partial charge in [-0.1, -0.05) is 18.2 Å². The van der Waals surface area contributed by atoms with Gasteiger partial charge in [0.2, 0.25) is 0 Å². The van der Waals surface area contributed by atoms with Gasteiger partial charge in [0.15, 0.2) is 0 Å². The first-order valence-corrected chi connectivity index (χ1v) is 10.9. The minimum absolute atomic E-state index is 0.100. The minimum Gasteiger partial charge on any atom is -0.376 e. The van der Waals surface area contributed by atoms with Crippen molar-refractivity contribution in [2.45, 2.75) is 51.6 Å². The second-order valence-corrected chi connectivity index (χ2v) is 8.63. The third-order valence-corrected chi connectivity index (χ3v) is 6.74. The van der Waals surface area contributed by atoms with Gasteiger partial charge in [0.1, 0.15) is 5.00 Å². The molecule has 1 aliphatic heterocycles. The number of fused-ring (bicyclic) bond motifs is 1. The lowest BCUT2D eigenvalue weighted by Gasteiger charge is -2.15. The quantitative estimate of drug-likeness (QED) is 0.797. The summed E-state index contributed by atoms with van der Waals surface area (Å²) in [5.41, 5.74) is 3.33. The van der Waals surface area contributed by atoms with E-state index in [1.807, 2.05) is 31.2 Å². The van der Waals surface area contributed by atoms with Crippen molar-refractivity contribution >= 4 is 28.2 Å². The highest BCUT2D eigenvalue weighted by Gasteiger charge is 2.27. The Hall–Kier alpha value is -2.18. The fourth-order valence-corrected chi connectivity index (χ4v) is 5.27. The van der Waals surface area contributed by atoms with Crippen molar-refractivity contribution in [3.63, 3.8) is 0 Å². The molecular weight excluding hydrogens is 372 g/mol. The molecule has 148 valence electrons. The van der Waals surface area contributed by atoms with Crippen molar-refractivity contribution in [1.29, 1.82) is 0 Å². The molecule has 1 aliphatic carbocycles. The lowest BCUT2D eigenvalue weighted by Crippen LogP contribution is -2.32. The van der Waals surface area contributed by atoms with Gasteiger partial charge in [-0.2, -0.15) is 0 Å². The predicted molar refractivity (Wildman–Crippen MR) is 111 cm³/mol. The number of hydrogen-bond donors (Lipinski definition) is 2. The SMILES string of the molecule is Cc1ccccc1C(=O)Nc1sc2c(c1C(=O)NC[C@@H]1CCCO1)CCCC2. The first-order valence-electron chi connectivity index (χ1n) is 10.0. The first-order chi connectivity index (χ1) is 13.6. The van der Waals surface area contributed by atoms with Crippen molar-refractivity contribution in [1.82, 2.24) is 5.32 Å². The Morgan fingerprint density at radius 3 is 2.75 bits per heavy atom. The van der Waals surface area contributed by atoms with Gasteiger partial charge in [-0.25, -0.2) is 0 Å². The molecule has 1 saturated heterocycles. The Kier molecular flexibility index (Phi) is 5.78. The summed E-state index contributed by atoms with van der Waals surface area (Å²) in [6, 6.07) is 7.51. The molecule has 2 N–H and O–H groups in total. The van der Waals surface area contributed by atoms with E-state index >= 15 is 0 Å². The molecule has 0 bridgehead atoms. The summed E-state index contributed by atoms with van der Waals surface area (Å²) in [5, 5.41) is 6.73. The summed E-state index contributed by atoms with van der Waals surface area (Å²) in [4.78, 5) is 27.1. The number of thiophene rings is 1. The number of rotatable bonds is 5. The standard InChI is InChI=1S/C22H26N2O3S/c1-14-7-2-3-9-16(14)20(25)24-22-19(17-10-4-5-11-18(17)28-22)21(26)23-13-15-8-6-12-27-15/h2-3,7,9,15H,4-6,8,10-13H2,1H3,(H,23,26)(H,24,25)/t15-/m0/s1. The molecule has 5 nitrogen and oxygen atoms in total. The number of ether oxygens (including phenoxy) is 1. The van der Waals surface area contributed by atoms with Crippen LogP contribution < -0.4 is 10.6 Å². The van der Waals surface area contributed by atoms with Crippen LogP contribution in [0.3, 0.4) is 0 Å². The summed E-state index contributed by atoms with van der Waals surface area (Å²) in [6.07, 6.45) is 6.23. The number of carbonyl (C=O) groups excluding carboxylic acids is 2. The summed E-state index contributed by atoms with van der Waals surface area (Å²) in [6.45, 7) is 3.21. The van der Waals surface area contributed by atoms with E-state index in [0.717, 1.165) is 56.3 Å². The third kappa shape index (κ3) is 3.98. The monoisotopic (exact) mass is 398 g/mol. The van der Waals surface area contributed by atoms with Crippen molar-refractivity contribution < 1.29 is 14.3 Å². The van der Waals surface area contributed by atoms with Crippen LogP contribution in [0, 0.1) is 6.92 Å². The molecule has 0 radical (unpaired) electrons. The van der Waals surface area contributed by atoms with Gasteiger partial charge >= 0.3 is 0 Å². The molecule has 0 spiro atoms. The number of aryl methyl sites for hydroxylation is 2. The summed E-state index contributed by atoms with van der Waals surface area (Å²) in [5.74, 6) is -0.264. The van der Waals surface area contributed by atoms with E-state index in [0.29, 0.717) is 22.7 Å². The van der Waals surface area contributed by atoms with Gasteiger partial charge in [-0.05, 0) is 62.6 Å². The largest absolute Gasteiger partial charge is 0.376 e. The Bertz CT molecular complexity index is 884. The van der Waals surface area contributed by atoms with E-state index in [1.54, 1.807) is 11.3 Å². The molecule has 2 amide bonds. The number of hydrogen-bond acceptors (Lipinski definition) is 4. The average Bonchev–Trinajstić information content (AvgIpc) is 3.33.